The predicted molar refractivity (Wildman–Crippen MR) is 127 cm³/mol. The first-order chi connectivity index (χ1) is 16.3. The van der Waals surface area contributed by atoms with Crippen LogP contribution in [-0.2, 0) is 32.4 Å². The molecule has 4 rings (SSSR count). The fraction of sp³-hybridized carbons (Fsp3) is 0.462. The summed E-state index contributed by atoms with van der Waals surface area (Å²) in [5, 5.41) is 0. The number of piperidine rings is 1. The Morgan fingerprint density at radius 1 is 1.03 bits per heavy atom. The molecule has 0 N–H and O–H groups in total. The molecule has 2 aliphatic rings. The normalized spacial score (nSPS) is 17.7. The van der Waals surface area contributed by atoms with Gasteiger partial charge in [-0.1, -0.05) is 12.1 Å². The van der Waals surface area contributed by atoms with Crippen LogP contribution in [0.25, 0.3) is 0 Å². The summed E-state index contributed by atoms with van der Waals surface area (Å²) < 4.78 is 38.2. The van der Waals surface area contributed by atoms with E-state index in [4.69, 9.17) is 9.47 Å². The van der Waals surface area contributed by atoms with Crippen LogP contribution in [0.5, 0.6) is 5.75 Å². The van der Waals surface area contributed by atoms with Gasteiger partial charge in [0, 0.05) is 18.7 Å². The van der Waals surface area contributed by atoms with E-state index in [1.807, 2.05) is 19.1 Å². The average Bonchev–Trinajstić information content (AvgIpc) is 3.32. The molecule has 0 aromatic heterocycles. The van der Waals surface area contributed by atoms with E-state index in [-0.39, 0.29) is 23.8 Å². The molecule has 0 saturated carbocycles. The minimum absolute atomic E-state index is 0.200. The van der Waals surface area contributed by atoms with Crippen molar-refractivity contribution in [3.63, 3.8) is 0 Å². The molecule has 182 valence electrons. The summed E-state index contributed by atoms with van der Waals surface area (Å²) in [7, 11) is -3.65. The predicted octanol–water partition coefficient (Wildman–Crippen LogP) is 3.79. The monoisotopic (exact) mass is 485 g/mol. The maximum absolute atomic E-state index is 13.0. The van der Waals surface area contributed by atoms with Gasteiger partial charge in [-0.15, -0.1) is 0 Å². The highest BCUT2D eigenvalue weighted by atomic mass is 32.2. The van der Waals surface area contributed by atoms with Gasteiger partial charge in [-0.3, -0.25) is 9.59 Å². The summed E-state index contributed by atoms with van der Waals surface area (Å²) in [4.78, 5) is 25.7. The van der Waals surface area contributed by atoms with E-state index in [2.05, 4.69) is 0 Å². The Morgan fingerprint density at radius 3 is 2.38 bits per heavy atom. The highest BCUT2D eigenvalue weighted by molar-refractivity contribution is 7.89. The van der Waals surface area contributed by atoms with Crippen molar-refractivity contribution in [2.24, 2.45) is 5.92 Å². The molecule has 1 atom stereocenters. The summed E-state index contributed by atoms with van der Waals surface area (Å²) in [6, 6.07) is 12.1. The average molecular weight is 486 g/mol. The zero-order valence-corrected chi connectivity index (χ0v) is 20.5. The van der Waals surface area contributed by atoms with Gasteiger partial charge in [-0.25, -0.2) is 8.42 Å². The van der Waals surface area contributed by atoms with Gasteiger partial charge in [-0.2, -0.15) is 4.31 Å². The molecule has 0 spiro atoms. The molecular weight excluding hydrogens is 454 g/mol. The van der Waals surface area contributed by atoms with Crippen molar-refractivity contribution >= 4 is 21.8 Å². The zero-order chi connectivity index (χ0) is 24.3. The summed E-state index contributed by atoms with van der Waals surface area (Å²) in [5.41, 5.74) is 3.05. The quantitative estimate of drug-likeness (QED) is 0.417. The molecule has 34 heavy (non-hydrogen) atoms. The Morgan fingerprint density at radius 2 is 1.71 bits per heavy atom. The summed E-state index contributed by atoms with van der Waals surface area (Å²) in [6.45, 7) is 4.42. The van der Waals surface area contributed by atoms with Crippen LogP contribution in [-0.4, -0.2) is 50.3 Å². The molecule has 2 aromatic carbocycles. The van der Waals surface area contributed by atoms with E-state index in [0.29, 0.717) is 30.8 Å². The van der Waals surface area contributed by atoms with Crippen molar-refractivity contribution in [2.75, 3.05) is 19.7 Å². The number of Topliss-reactive ketones (excluding diaryl/α,β-unsaturated/α-hetero) is 1. The van der Waals surface area contributed by atoms with E-state index < -0.39 is 28.0 Å². The van der Waals surface area contributed by atoms with Crippen LogP contribution >= 0.6 is 0 Å². The number of esters is 1. The number of hydrogen-bond acceptors (Lipinski definition) is 6. The van der Waals surface area contributed by atoms with Crippen molar-refractivity contribution in [3.8, 4) is 5.75 Å². The topological polar surface area (TPSA) is 90.0 Å². The smallest absolute Gasteiger partial charge is 0.309 e. The molecule has 1 aliphatic carbocycles. The fourth-order valence-corrected chi connectivity index (χ4v) is 6.11. The van der Waals surface area contributed by atoms with Crippen LogP contribution in [0.4, 0.5) is 0 Å². The molecule has 0 bridgehead atoms. The van der Waals surface area contributed by atoms with Crippen LogP contribution in [0.2, 0.25) is 0 Å². The van der Waals surface area contributed by atoms with E-state index in [1.165, 1.54) is 27.6 Å². The molecule has 1 saturated heterocycles. The summed E-state index contributed by atoms with van der Waals surface area (Å²) in [6.07, 6.45) is 2.95. The number of ketones is 1. The lowest BCUT2D eigenvalue weighted by atomic mass is 9.98. The number of ether oxygens (including phenoxy) is 2. The standard InChI is InChI=1S/C26H31NO6S/c1-3-32-23-9-11-24(12-10-23)34(30,31)27-15-13-20(14-16-27)26(29)33-18(2)25(28)22-8-7-19-5-4-6-21(19)17-22/h7-12,17-18,20H,3-6,13-16H2,1-2H3. The molecule has 0 radical (unpaired) electrons. The minimum atomic E-state index is -3.65. The third kappa shape index (κ3) is 5.18. The molecule has 1 fully saturated rings. The number of carbonyl (C=O) groups excluding carboxylic acids is 2. The second-order valence-corrected chi connectivity index (χ2v) is 10.8. The van der Waals surface area contributed by atoms with E-state index >= 15 is 0 Å². The van der Waals surface area contributed by atoms with Gasteiger partial charge in [0.1, 0.15) is 5.75 Å². The second-order valence-electron chi connectivity index (χ2n) is 8.86. The number of hydrogen-bond donors (Lipinski definition) is 0. The Balaban J connectivity index is 1.32. The molecule has 1 unspecified atom stereocenters. The minimum Gasteiger partial charge on any atom is -0.494 e. The Kier molecular flexibility index (Phi) is 7.38. The van der Waals surface area contributed by atoms with Crippen LogP contribution in [0, 0.1) is 5.92 Å². The maximum Gasteiger partial charge on any atom is 0.309 e. The van der Waals surface area contributed by atoms with Crippen LogP contribution in [0.15, 0.2) is 47.4 Å². The number of carbonyl (C=O) groups is 2. The summed E-state index contributed by atoms with van der Waals surface area (Å²) >= 11 is 0. The Hall–Kier alpha value is -2.71. The van der Waals surface area contributed by atoms with Crippen molar-refractivity contribution in [2.45, 2.75) is 57.0 Å². The zero-order valence-electron chi connectivity index (χ0n) is 19.7. The number of aryl methyl sites for hydroxylation is 2. The van der Waals surface area contributed by atoms with Gasteiger partial charge >= 0.3 is 5.97 Å². The highest BCUT2D eigenvalue weighted by Crippen LogP contribution is 2.27. The molecule has 1 heterocycles. The first-order valence-corrected chi connectivity index (χ1v) is 13.3. The summed E-state index contributed by atoms with van der Waals surface area (Å²) in [5.74, 6) is -0.466. The first kappa shape index (κ1) is 24.4. The lowest BCUT2D eigenvalue weighted by Gasteiger charge is -2.30. The van der Waals surface area contributed by atoms with E-state index in [9.17, 15) is 18.0 Å². The maximum atomic E-state index is 13.0. The van der Waals surface area contributed by atoms with Crippen LogP contribution in [0.1, 0.15) is 54.6 Å². The molecule has 7 nitrogen and oxygen atoms in total. The fourth-order valence-electron chi connectivity index (χ4n) is 4.64. The largest absolute Gasteiger partial charge is 0.494 e. The van der Waals surface area contributed by atoms with E-state index in [0.717, 1.165) is 19.3 Å². The molecule has 2 aromatic rings. The Bertz CT molecular complexity index is 1150. The Labute approximate surface area is 201 Å². The number of nitrogens with zero attached hydrogens (tertiary/aromatic N) is 1. The van der Waals surface area contributed by atoms with Crippen molar-refractivity contribution < 1.29 is 27.5 Å². The number of fused-ring (bicyclic) bond motifs is 1. The number of benzene rings is 2. The second kappa shape index (κ2) is 10.3. The molecule has 1 aliphatic heterocycles. The first-order valence-electron chi connectivity index (χ1n) is 11.9. The van der Waals surface area contributed by atoms with E-state index in [1.54, 1.807) is 25.1 Å². The number of sulfonamides is 1. The van der Waals surface area contributed by atoms with Gasteiger partial charge in [0.05, 0.1) is 17.4 Å². The molecule has 0 amide bonds. The van der Waals surface area contributed by atoms with Gasteiger partial charge in [0.15, 0.2) is 6.10 Å². The third-order valence-corrected chi connectivity index (χ3v) is 8.52. The molecule has 8 heteroatoms. The van der Waals surface area contributed by atoms with Crippen molar-refractivity contribution in [1.29, 1.82) is 0 Å². The van der Waals surface area contributed by atoms with Gasteiger partial charge < -0.3 is 9.47 Å². The molecular formula is C26H31NO6S. The number of rotatable bonds is 8. The lowest BCUT2D eigenvalue weighted by Crippen LogP contribution is -2.41. The van der Waals surface area contributed by atoms with Gasteiger partial charge in [0.2, 0.25) is 15.8 Å². The van der Waals surface area contributed by atoms with Crippen LogP contribution in [0.3, 0.4) is 0 Å². The van der Waals surface area contributed by atoms with Crippen molar-refractivity contribution in [1.82, 2.24) is 4.31 Å². The highest BCUT2D eigenvalue weighted by Gasteiger charge is 2.34. The van der Waals surface area contributed by atoms with Gasteiger partial charge in [-0.05, 0) is 87.4 Å². The van der Waals surface area contributed by atoms with Crippen molar-refractivity contribution in [3.05, 3.63) is 59.2 Å². The lowest BCUT2D eigenvalue weighted by molar-refractivity contribution is -0.152. The van der Waals surface area contributed by atoms with Crippen LogP contribution < -0.4 is 4.74 Å². The third-order valence-electron chi connectivity index (χ3n) is 6.60. The SMILES string of the molecule is CCOc1ccc(S(=O)(=O)N2CCC(C(=O)OC(C)C(=O)c3ccc4c(c3)CCC4)CC2)cc1. The van der Waals surface area contributed by atoms with Gasteiger partial charge in [0.25, 0.3) is 0 Å².